The zero-order valence-corrected chi connectivity index (χ0v) is 7.73. The molecule has 0 aliphatic carbocycles. The predicted molar refractivity (Wildman–Crippen MR) is 53.5 cm³/mol. The third-order valence-electron chi connectivity index (χ3n) is 1.45. The molecular weight excluding hydrogens is 172 g/mol. The van der Waals surface area contributed by atoms with Gasteiger partial charge in [0, 0.05) is 18.3 Å². The Balaban J connectivity index is 3.02. The van der Waals surface area contributed by atoms with E-state index in [4.69, 9.17) is 11.6 Å². The molecule has 0 spiro atoms. The quantitative estimate of drug-likeness (QED) is 0.778. The van der Waals surface area contributed by atoms with Crippen molar-refractivity contribution in [1.82, 2.24) is 4.98 Å². The summed E-state index contributed by atoms with van der Waals surface area (Å²) in [6.07, 6.45) is 3.35. The third-order valence-corrected chi connectivity index (χ3v) is 1.65. The average molecular weight is 183 g/mol. The molecule has 0 atom stereocenters. The van der Waals surface area contributed by atoms with Crippen LogP contribution in [0.3, 0.4) is 0 Å². The van der Waals surface area contributed by atoms with Crippen molar-refractivity contribution in [3.63, 3.8) is 0 Å². The maximum Gasteiger partial charge on any atom is 0.133 e. The second kappa shape index (κ2) is 4.12. The highest BCUT2D eigenvalue weighted by atomic mass is 35.5. The van der Waals surface area contributed by atoms with Crippen molar-refractivity contribution in [3.8, 4) is 0 Å². The number of nitrogens with one attached hydrogen (secondary N) is 1. The molecule has 1 N–H and O–H groups in total. The molecule has 0 bridgehead atoms. The van der Waals surface area contributed by atoms with E-state index in [9.17, 15) is 0 Å². The van der Waals surface area contributed by atoms with E-state index >= 15 is 0 Å². The summed E-state index contributed by atoms with van der Waals surface area (Å²) < 4.78 is 0. The van der Waals surface area contributed by atoms with E-state index in [1.165, 1.54) is 0 Å². The summed E-state index contributed by atoms with van der Waals surface area (Å²) in [5.41, 5.74) is 0.935. The van der Waals surface area contributed by atoms with Gasteiger partial charge in [0.05, 0.1) is 5.02 Å². The lowest BCUT2D eigenvalue weighted by molar-refractivity contribution is 1.15. The molecule has 0 unspecified atom stereocenters. The van der Waals surface area contributed by atoms with Gasteiger partial charge < -0.3 is 5.32 Å². The number of nitrogens with zero attached hydrogens (tertiary/aromatic N) is 1. The molecule has 0 fully saturated rings. The molecular formula is C9H11ClN2. The predicted octanol–water partition coefficient (Wildman–Crippen LogP) is 2.81. The van der Waals surface area contributed by atoms with Crippen LogP contribution < -0.4 is 5.32 Å². The first kappa shape index (κ1) is 9.07. The summed E-state index contributed by atoms with van der Waals surface area (Å²) in [6.45, 7) is 6.54. The lowest BCUT2D eigenvalue weighted by atomic mass is 10.2. The molecule has 12 heavy (non-hydrogen) atoms. The molecule has 0 aromatic carbocycles. The van der Waals surface area contributed by atoms with E-state index in [2.05, 4.69) is 16.9 Å². The number of anilines is 1. The maximum absolute atomic E-state index is 5.76. The lowest BCUT2D eigenvalue weighted by Crippen LogP contribution is -2.00. The van der Waals surface area contributed by atoms with Crippen LogP contribution >= 0.6 is 11.6 Å². The van der Waals surface area contributed by atoms with Crippen molar-refractivity contribution in [3.05, 3.63) is 29.4 Å². The molecule has 0 saturated carbocycles. The van der Waals surface area contributed by atoms with E-state index < -0.39 is 0 Å². The first-order valence-electron chi connectivity index (χ1n) is 3.79. The highest BCUT2D eigenvalue weighted by Gasteiger charge is 1.99. The number of pyridine rings is 1. The lowest BCUT2D eigenvalue weighted by Gasteiger charge is -2.05. The van der Waals surface area contributed by atoms with Crippen molar-refractivity contribution < 1.29 is 0 Å². The van der Waals surface area contributed by atoms with Gasteiger partial charge in [-0.25, -0.2) is 4.98 Å². The van der Waals surface area contributed by atoms with Gasteiger partial charge in [-0.15, -0.1) is 0 Å². The Hall–Kier alpha value is -1.02. The van der Waals surface area contributed by atoms with Gasteiger partial charge in [0.15, 0.2) is 0 Å². The van der Waals surface area contributed by atoms with Crippen LogP contribution in [0.15, 0.2) is 18.8 Å². The van der Waals surface area contributed by atoms with Crippen molar-refractivity contribution in [1.29, 1.82) is 0 Å². The summed E-state index contributed by atoms with van der Waals surface area (Å²) >= 11 is 5.76. The summed E-state index contributed by atoms with van der Waals surface area (Å²) in [7, 11) is 0. The Labute approximate surface area is 77.3 Å². The van der Waals surface area contributed by atoms with Gasteiger partial charge in [0.2, 0.25) is 0 Å². The maximum atomic E-state index is 5.76. The standard InChI is InChI=1S/C9H11ClN2/c1-3-7-5-8(10)6-12-9(7)11-4-2/h3,5-6H,1,4H2,2H3,(H,11,12). The van der Waals surface area contributed by atoms with Gasteiger partial charge in [0.25, 0.3) is 0 Å². The van der Waals surface area contributed by atoms with E-state index in [1.807, 2.05) is 13.0 Å². The van der Waals surface area contributed by atoms with E-state index in [1.54, 1.807) is 12.3 Å². The van der Waals surface area contributed by atoms with E-state index in [0.717, 1.165) is 17.9 Å². The van der Waals surface area contributed by atoms with Crippen LogP contribution in [0.2, 0.25) is 5.02 Å². The fraction of sp³-hybridized carbons (Fsp3) is 0.222. The minimum Gasteiger partial charge on any atom is -0.370 e. The Kier molecular flexibility index (Phi) is 3.11. The second-order valence-electron chi connectivity index (χ2n) is 2.33. The summed E-state index contributed by atoms with van der Waals surface area (Å²) in [4.78, 5) is 4.12. The first-order valence-corrected chi connectivity index (χ1v) is 4.17. The largest absolute Gasteiger partial charge is 0.370 e. The normalized spacial score (nSPS) is 9.50. The molecule has 0 aliphatic rings. The number of rotatable bonds is 3. The van der Waals surface area contributed by atoms with Crippen LogP contribution in [0, 0.1) is 0 Å². The van der Waals surface area contributed by atoms with Crippen molar-refractivity contribution in [2.75, 3.05) is 11.9 Å². The van der Waals surface area contributed by atoms with Gasteiger partial charge >= 0.3 is 0 Å². The average Bonchev–Trinajstić information content (AvgIpc) is 2.08. The summed E-state index contributed by atoms with van der Waals surface area (Å²) in [5, 5.41) is 3.74. The third kappa shape index (κ3) is 1.98. The van der Waals surface area contributed by atoms with E-state index in [0.29, 0.717) is 5.02 Å². The molecule has 1 aromatic rings. The van der Waals surface area contributed by atoms with Gasteiger partial charge in [-0.1, -0.05) is 24.3 Å². The van der Waals surface area contributed by atoms with Crippen molar-refractivity contribution in [2.45, 2.75) is 6.92 Å². The van der Waals surface area contributed by atoms with Gasteiger partial charge in [0.1, 0.15) is 5.82 Å². The Morgan fingerprint density at radius 1 is 1.75 bits per heavy atom. The van der Waals surface area contributed by atoms with E-state index in [-0.39, 0.29) is 0 Å². The zero-order chi connectivity index (χ0) is 8.97. The van der Waals surface area contributed by atoms with Gasteiger partial charge in [-0.3, -0.25) is 0 Å². The van der Waals surface area contributed by atoms with Gasteiger partial charge in [-0.05, 0) is 13.0 Å². The van der Waals surface area contributed by atoms with Crippen molar-refractivity contribution >= 4 is 23.5 Å². The monoisotopic (exact) mass is 182 g/mol. The molecule has 3 heteroatoms. The minimum absolute atomic E-state index is 0.631. The zero-order valence-electron chi connectivity index (χ0n) is 6.97. The Morgan fingerprint density at radius 3 is 3.08 bits per heavy atom. The van der Waals surface area contributed by atoms with Crippen molar-refractivity contribution in [2.24, 2.45) is 0 Å². The fourth-order valence-electron chi connectivity index (χ4n) is 0.926. The van der Waals surface area contributed by atoms with Gasteiger partial charge in [-0.2, -0.15) is 0 Å². The molecule has 0 amide bonds. The topological polar surface area (TPSA) is 24.9 Å². The SMILES string of the molecule is C=Cc1cc(Cl)cnc1NCC. The van der Waals surface area contributed by atoms with Crippen LogP contribution in [0.1, 0.15) is 12.5 Å². The molecule has 0 saturated heterocycles. The molecule has 1 aromatic heterocycles. The van der Waals surface area contributed by atoms with Crippen LogP contribution in [-0.2, 0) is 0 Å². The van der Waals surface area contributed by atoms with Crippen LogP contribution in [-0.4, -0.2) is 11.5 Å². The number of aromatic nitrogens is 1. The molecule has 1 rings (SSSR count). The molecule has 64 valence electrons. The summed E-state index contributed by atoms with van der Waals surface area (Å²) in [6, 6.07) is 1.83. The van der Waals surface area contributed by atoms with Crippen LogP contribution in [0.5, 0.6) is 0 Å². The van der Waals surface area contributed by atoms with Crippen LogP contribution in [0.4, 0.5) is 5.82 Å². The fourth-order valence-corrected chi connectivity index (χ4v) is 1.09. The molecule has 0 radical (unpaired) electrons. The number of hydrogen-bond acceptors (Lipinski definition) is 2. The van der Waals surface area contributed by atoms with Crippen LogP contribution in [0.25, 0.3) is 6.08 Å². The second-order valence-corrected chi connectivity index (χ2v) is 2.76. The minimum atomic E-state index is 0.631. The number of hydrogen-bond donors (Lipinski definition) is 1. The highest BCUT2D eigenvalue weighted by Crippen LogP contribution is 2.17. The Bertz CT molecular complexity index is 284. The Morgan fingerprint density at radius 2 is 2.50 bits per heavy atom. The first-order chi connectivity index (χ1) is 5.77. The molecule has 2 nitrogen and oxygen atoms in total. The smallest absolute Gasteiger partial charge is 0.133 e. The molecule has 0 aliphatic heterocycles. The molecule has 1 heterocycles. The number of halogens is 1. The highest BCUT2D eigenvalue weighted by molar-refractivity contribution is 6.30. The summed E-state index contributed by atoms with van der Waals surface area (Å²) in [5.74, 6) is 0.830.